The summed E-state index contributed by atoms with van der Waals surface area (Å²) in [5.74, 6) is -1.89. The number of carboxylic acids is 1. The van der Waals surface area contributed by atoms with Crippen molar-refractivity contribution in [2.24, 2.45) is 22.2 Å². The Hall–Kier alpha value is -2.98. The van der Waals surface area contributed by atoms with Crippen LogP contribution in [-0.4, -0.2) is 99.5 Å². The summed E-state index contributed by atoms with van der Waals surface area (Å²) in [5, 5.41) is 17.3. The van der Waals surface area contributed by atoms with Crippen LogP contribution in [0, 0.1) is 0 Å². The third-order valence-corrected chi connectivity index (χ3v) is 6.67. The summed E-state index contributed by atoms with van der Waals surface area (Å²) in [5.41, 5.74) is 17.2. The van der Waals surface area contributed by atoms with E-state index < -0.39 is 47.9 Å². The predicted molar refractivity (Wildman–Crippen MR) is 150 cm³/mol. The number of carbonyl (C=O) groups excluding carboxylic acids is 3. The predicted octanol–water partition coefficient (Wildman–Crippen LogP) is -1.62. The van der Waals surface area contributed by atoms with Crippen LogP contribution < -0.4 is 33.2 Å². The van der Waals surface area contributed by atoms with Crippen molar-refractivity contribution in [3.8, 4) is 0 Å². The lowest BCUT2D eigenvalue weighted by molar-refractivity contribution is -0.142. The molecule has 0 aromatic carbocycles. The highest BCUT2D eigenvalue weighted by Gasteiger charge is 2.30. The van der Waals surface area contributed by atoms with Crippen molar-refractivity contribution in [1.82, 2.24) is 25.9 Å². The highest BCUT2D eigenvalue weighted by Crippen LogP contribution is 2.07. The van der Waals surface area contributed by atoms with Gasteiger partial charge in [-0.3, -0.25) is 19.4 Å². The summed E-state index contributed by atoms with van der Waals surface area (Å²) < 4.78 is 0. The SMILES string of the molecule is CSCCC(N)C(=O)NC(CCCN=C(N)N)C(=O)NC(Cc1cnc[nH]1)C(=O)NC(CCSC)C(=O)O. The quantitative estimate of drug-likeness (QED) is 0.0531. The first-order valence-electron chi connectivity index (χ1n) is 12.0. The number of carbonyl (C=O) groups is 4. The standard InChI is InChI=1S/C22H39N9O5S2/c1-37-8-5-14(23)18(32)29-15(4-3-7-27-22(24)25)19(33)31-17(10-13-11-26-12-28-13)20(34)30-16(21(35)36)6-9-38-2/h11-12,14-17H,3-10,23H2,1-2H3,(H,26,28)(H,29,32)(H,30,34)(H,31,33)(H,35,36)(H4,24,25,27). The molecule has 0 bridgehead atoms. The summed E-state index contributed by atoms with van der Waals surface area (Å²) in [7, 11) is 0. The number of H-pyrrole nitrogens is 1. The van der Waals surface area contributed by atoms with Gasteiger partial charge in [-0.1, -0.05) is 0 Å². The molecular formula is C22H39N9O5S2. The average Bonchev–Trinajstić information content (AvgIpc) is 3.38. The number of aliphatic imine (C=N–C) groups is 1. The third kappa shape index (κ3) is 13.0. The van der Waals surface area contributed by atoms with E-state index in [1.807, 2.05) is 12.5 Å². The second-order valence-electron chi connectivity index (χ2n) is 8.42. The van der Waals surface area contributed by atoms with Crippen molar-refractivity contribution in [3.05, 3.63) is 18.2 Å². The van der Waals surface area contributed by atoms with Crippen LogP contribution in [0.15, 0.2) is 17.5 Å². The zero-order valence-electron chi connectivity index (χ0n) is 21.6. The van der Waals surface area contributed by atoms with E-state index in [4.69, 9.17) is 17.2 Å². The van der Waals surface area contributed by atoms with Crippen molar-refractivity contribution >= 4 is 53.2 Å². The number of carboxylic acid groups (broad SMARTS) is 1. The lowest BCUT2D eigenvalue weighted by atomic mass is 10.1. The third-order valence-electron chi connectivity index (χ3n) is 5.39. The number of amides is 3. The molecule has 0 fully saturated rings. The Kier molecular flexibility index (Phi) is 15.9. The molecule has 0 aliphatic carbocycles. The summed E-state index contributed by atoms with van der Waals surface area (Å²) >= 11 is 2.99. The molecule has 0 saturated carbocycles. The van der Waals surface area contributed by atoms with Gasteiger partial charge in [-0.15, -0.1) is 0 Å². The number of hydrogen-bond acceptors (Lipinski definition) is 9. The number of rotatable bonds is 19. The Labute approximate surface area is 230 Å². The molecule has 16 heteroatoms. The van der Waals surface area contributed by atoms with Gasteiger partial charge >= 0.3 is 5.97 Å². The van der Waals surface area contributed by atoms with Gasteiger partial charge in [-0.2, -0.15) is 23.5 Å². The first-order chi connectivity index (χ1) is 18.1. The largest absolute Gasteiger partial charge is 0.480 e. The highest BCUT2D eigenvalue weighted by atomic mass is 32.2. The monoisotopic (exact) mass is 573 g/mol. The maximum Gasteiger partial charge on any atom is 0.326 e. The number of thioether (sulfide) groups is 2. The fraction of sp³-hybridized carbons (Fsp3) is 0.636. The fourth-order valence-electron chi connectivity index (χ4n) is 3.29. The Balaban J connectivity index is 3.06. The minimum atomic E-state index is -1.18. The molecule has 14 nitrogen and oxygen atoms in total. The molecule has 11 N–H and O–H groups in total. The molecule has 0 aliphatic heterocycles. The molecule has 1 aromatic rings. The van der Waals surface area contributed by atoms with Gasteiger partial charge < -0.3 is 43.2 Å². The molecule has 4 atom stereocenters. The van der Waals surface area contributed by atoms with E-state index in [-0.39, 0.29) is 31.8 Å². The maximum absolute atomic E-state index is 13.3. The zero-order valence-corrected chi connectivity index (χ0v) is 23.3. The normalized spacial score (nSPS) is 14.0. The lowest BCUT2D eigenvalue weighted by Gasteiger charge is -2.25. The van der Waals surface area contributed by atoms with E-state index in [9.17, 15) is 24.3 Å². The number of imidazole rings is 1. The molecule has 1 aromatic heterocycles. The van der Waals surface area contributed by atoms with E-state index in [1.54, 1.807) is 11.8 Å². The van der Waals surface area contributed by atoms with E-state index in [2.05, 4.69) is 30.9 Å². The van der Waals surface area contributed by atoms with Gasteiger partial charge in [-0.05, 0) is 49.7 Å². The van der Waals surface area contributed by atoms with Crippen molar-refractivity contribution < 1.29 is 24.3 Å². The van der Waals surface area contributed by atoms with Crippen LogP contribution >= 0.6 is 23.5 Å². The summed E-state index contributed by atoms with van der Waals surface area (Å²) in [6.45, 7) is 0.230. The molecule has 38 heavy (non-hydrogen) atoms. The molecule has 0 aliphatic rings. The second kappa shape index (κ2) is 18.3. The molecular weight excluding hydrogens is 534 g/mol. The molecule has 214 valence electrons. The minimum Gasteiger partial charge on any atom is -0.480 e. The van der Waals surface area contributed by atoms with Gasteiger partial charge in [0.05, 0.1) is 12.4 Å². The van der Waals surface area contributed by atoms with Gasteiger partial charge in [0, 0.05) is 24.9 Å². The van der Waals surface area contributed by atoms with Crippen LogP contribution in [0.3, 0.4) is 0 Å². The summed E-state index contributed by atoms with van der Waals surface area (Å²) in [6.07, 6.45) is 7.84. The average molecular weight is 574 g/mol. The second-order valence-corrected chi connectivity index (χ2v) is 10.4. The minimum absolute atomic E-state index is 0.0222. The Bertz CT molecular complexity index is 913. The number of hydrogen-bond donors (Lipinski definition) is 8. The van der Waals surface area contributed by atoms with Crippen LogP contribution in [-0.2, 0) is 25.6 Å². The number of guanidine groups is 1. The fourth-order valence-corrected chi connectivity index (χ4v) is 4.25. The van der Waals surface area contributed by atoms with Crippen LogP contribution in [0.2, 0.25) is 0 Å². The van der Waals surface area contributed by atoms with Gasteiger partial charge in [-0.25, -0.2) is 9.78 Å². The van der Waals surface area contributed by atoms with Gasteiger partial charge in [0.1, 0.15) is 18.1 Å². The Morgan fingerprint density at radius 1 is 0.974 bits per heavy atom. The molecule has 3 amide bonds. The smallest absolute Gasteiger partial charge is 0.326 e. The van der Waals surface area contributed by atoms with Gasteiger partial charge in [0.15, 0.2) is 5.96 Å². The van der Waals surface area contributed by atoms with Crippen molar-refractivity contribution in [2.75, 3.05) is 30.6 Å². The Morgan fingerprint density at radius 3 is 2.16 bits per heavy atom. The lowest BCUT2D eigenvalue weighted by Crippen LogP contribution is -2.57. The highest BCUT2D eigenvalue weighted by molar-refractivity contribution is 7.98. The van der Waals surface area contributed by atoms with Crippen molar-refractivity contribution in [1.29, 1.82) is 0 Å². The summed E-state index contributed by atoms with van der Waals surface area (Å²) in [6, 6.07) is -4.10. The van der Waals surface area contributed by atoms with E-state index in [0.717, 1.165) is 0 Å². The molecule has 0 saturated heterocycles. The van der Waals surface area contributed by atoms with Crippen LogP contribution in [0.4, 0.5) is 0 Å². The number of nitrogens with two attached hydrogens (primary N) is 3. The zero-order chi connectivity index (χ0) is 28.5. The van der Waals surface area contributed by atoms with E-state index in [0.29, 0.717) is 30.0 Å². The number of aliphatic carboxylic acids is 1. The van der Waals surface area contributed by atoms with Crippen molar-refractivity contribution in [2.45, 2.75) is 56.3 Å². The first kappa shape index (κ1) is 33.0. The van der Waals surface area contributed by atoms with Gasteiger partial charge in [0.2, 0.25) is 17.7 Å². The molecule has 0 radical (unpaired) electrons. The van der Waals surface area contributed by atoms with Crippen LogP contribution in [0.5, 0.6) is 0 Å². The molecule has 0 spiro atoms. The number of nitrogens with zero attached hydrogens (tertiary/aromatic N) is 2. The maximum atomic E-state index is 13.3. The molecule has 1 heterocycles. The first-order valence-corrected chi connectivity index (χ1v) is 14.8. The number of nitrogens with one attached hydrogen (secondary N) is 4. The van der Waals surface area contributed by atoms with Crippen molar-refractivity contribution in [3.63, 3.8) is 0 Å². The number of aromatic amines is 1. The molecule has 1 rings (SSSR count). The Morgan fingerprint density at radius 2 is 1.58 bits per heavy atom. The number of aromatic nitrogens is 2. The van der Waals surface area contributed by atoms with Crippen LogP contribution in [0.25, 0.3) is 0 Å². The molecule has 4 unspecified atom stereocenters. The van der Waals surface area contributed by atoms with E-state index in [1.165, 1.54) is 24.3 Å². The van der Waals surface area contributed by atoms with Crippen LogP contribution in [0.1, 0.15) is 31.4 Å². The summed E-state index contributed by atoms with van der Waals surface area (Å²) in [4.78, 5) is 61.4. The van der Waals surface area contributed by atoms with E-state index >= 15 is 0 Å². The van der Waals surface area contributed by atoms with Gasteiger partial charge in [0.25, 0.3) is 0 Å². The topological polar surface area (TPSA) is 244 Å².